The number of hydrogen-bond donors (Lipinski definition) is 0. The molecule has 0 aliphatic carbocycles. The molecule has 1 aromatic heterocycles. The lowest BCUT2D eigenvalue weighted by Crippen LogP contribution is -2.42. The summed E-state index contributed by atoms with van der Waals surface area (Å²) in [7, 11) is 0. The molecule has 1 amide bonds. The van der Waals surface area contributed by atoms with Gasteiger partial charge in [-0.25, -0.2) is 0 Å². The van der Waals surface area contributed by atoms with Gasteiger partial charge in [0.15, 0.2) is 5.78 Å². The molecular weight excluding hydrogens is 351 g/mol. The summed E-state index contributed by atoms with van der Waals surface area (Å²) >= 11 is 1.42. The number of alkyl halides is 3. The number of rotatable bonds is 3. The van der Waals surface area contributed by atoms with E-state index in [1.165, 1.54) is 23.5 Å². The van der Waals surface area contributed by atoms with Gasteiger partial charge in [-0.2, -0.15) is 24.5 Å². The SMILES string of the molecule is O=C(c1cccc(C(F)(F)F)c1)C1CCCN(C(=O)c2ccsc2)C1. The highest BCUT2D eigenvalue weighted by Crippen LogP contribution is 2.31. The molecule has 1 aliphatic heterocycles. The third-order valence-corrected chi connectivity index (χ3v) is 5.01. The van der Waals surface area contributed by atoms with Gasteiger partial charge < -0.3 is 4.90 Å². The minimum Gasteiger partial charge on any atom is -0.338 e. The van der Waals surface area contributed by atoms with E-state index in [1.54, 1.807) is 16.3 Å². The molecule has 1 saturated heterocycles. The smallest absolute Gasteiger partial charge is 0.338 e. The number of Topliss-reactive ketones (excluding diaryl/α,β-unsaturated/α-hetero) is 1. The van der Waals surface area contributed by atoms with Crippen LogP contribution in [-0.4, -0.2) is 29.7 Å². The van der Waals surface area contributed by atoms with Crippen LogP contribution in [-0.2, 0) is 6.18 Å². The van der Waals surface area contributed by atoms with Crippen LogP contribution < -0.4 is 0 Å². The van der Waals surface area contributed by atoms with Crippen molar-refractivity contribution in [2.45, 2.75) is 19.0 Å². The van der Waals surface area contributed by atoms with Gasteiger partial charge in [-0.1, -0.05) is 12.1 Å². The molecule has 3 nitrogen and oxygen atoms in total. The molecule has 1 aromatic carbocycles. The molecule has 0 bridgehead atoms. The maximum absolute atomic E-state index is 12.8. The van der Waals surface area contributed by atoms with Crippen LogP contribution in [0.1, 0.15) is 39.1 Å². The Hall–Kier alpha value is -2.15. The fraction of sp³-hybridized carbons (Fsp3) is 0.333. The van der Waals surface area contributed by atoms with Crippen LogP contribution in [0.4, 0.5) is 13.2 Å². The number of likely N-dealkylation sites (tertiary alicyclic amines) is 1. The monoisotopic (exact) mass is 367 g/mol. The summed E-state index contributed by atoms with van der Waals surface area (Å²) in [5, 5.41) is 3.56. The Kier molecular flexibility index (Phi) is 4.94. The van der Waals surface area contributed by atoms with Crippen molar-refractivity contribution >= 4 is 23.0 Å². The second-order valence-electron chi connectivity index (χ2n) is 6.05. The highest BCUT2D eigenvalue weighted by Gasteiger charge is 2.33. The van der Waals surface area contributed by atoms with Gasteiger partial charge in [-0.15, -0.1) is 0 Å². The Labute approximate surface area is 147 Å². The average molecular weight is 367 g/mol. The molecule has 1 fully saturated rings. The summed E-state index contributed by atoms with van der Waals surface area (Å²) < 4.78 is 38.5. The molecule has 0 saturated carbocycles. The van der Waals surface area contributed by atoms with Crippen LogP contribution in [0.2, 0.25) is 0 Å². The molecule has 7 heteroatoms. The maximum Gasteiger partial charge on any atom is 0.416 e. The summed E-state index contributed by atoms with van der Waals surface area (Å²) in [4.78, 5) is 26.7. The van der Waals surface area contributed by atoms with Crippen molar-refractivity contribution in [3.63, 3.8) is 0 Å². The van der Waals surface area contributed by atoms with E-state index in [9.17, 15) is 22.8 Å². The first-order valence-electron chi connectivity index (χ1n) is 7.89. The van der Waals surface area contributed by atoms with Gasteiger partial charge >= 0.3 is 6.18 Å². The Morgan fingerprint density at radius 3 is 2.64 bits per heavy atom. The molecule has 2 aromatic rings. The fourth-order valence-electron chi connectivity index (χ4n) is 3.03. The Balaban J connectivity index is 1.75. The number of nitrogens with zero attached hydrogens (tertiary/aromatic N) is 1. The van der Waals surface area contributed by atoms with E-state index < -0.39 is 17.7 Å². The van der Waals surface area contributed by atoms with Gasteiger partial charge in [0.2, 0.25) is 0 Å². The highest BCUT2D eigenvalue weighted by atomic mass is 32.1. The predicted octanol–water partition coefficient (Wildman–Crippen LogP) is 4.50. The average Bonchev–Trinajstić information content (AvgIpc) is 3.14. The molecule has 3 rings (SSSR count). The van der Waals surface area contributed by atoms with Crippen molar-refractivity contribution in [1.29, 1.82) is 0 Å². The Morgan fingerprint density at radius 1 is 1.16 bits per heavy atom. The molecule has 25 heavy (non-hydrogen) atoms. The van der Waals surface area contributed by atoms with Crippen LogP contribution in [0.25, 0.3) is 0 Å². The third kappa shape index (κ3) is 3.92. The molecule has 0 N–H and O–H groups in total. The quantitative estimate of drug-likeness (QED) is 0.749. The number of carbonyl (C=O) groups is 2. The van der Waals surface area contributed by atoms with Gasteiger partial charge in [0.1, 0.15) is 0 Å². The van der Waals surface area contributed by atoms with E-state index in [2.05, 4.69) is 0 Å². The number of halogens is 3. The van der Waals surface area contributed by atoms with Crippen LogP contribution in [0.5, 0.6) is 0 Å². The van der Waals surface area contributed by atoms with Crippen LogP contribution in [0.15, 0.2) is 41.1 Å². The summed E-state index contributed by atoms with van der Waals surface area (Å²) in [5.41, 5.74) is -0.206. The topological polar surface area (TPSA) is 37.4 Å². The van der Waals surface area contributed by atoms with E-state index >= 15 is 0 Å². The first kappa shape index (κ1) is 17.7. The largest absolute Gasteiger partial charge is 0.416 e. The molecule has 1 aliphatic rings. The highest BCUT2D eigenvalue weighted by molar-refractivity contribution is 7.08. The molecule has 1 atom stereocenters. The summed E-state index contributed by atoms with van der Waals surface area (Å²) in [5.74, 6) is -0.948. The Bertz CT molecular complexity index is 771. The number of carbonyl (C=O) groups excluding carboxylic acids is 2. The van der Waals surface area contributed by atoms with Crippen molar-refractivity contribution in [2.75, 3.05) is 13.1 Å². The number of piperidine rings is 1. The molecule has 1 unspecified atom stereocenters. The molecular formula is C18H16F3NO2S. The number of thiophene rings is 1. The molecule has 0 spiro atoms. The Morgan fingerprint density at radius 2 is 1.96 bits per heavy atom. The predicted molar refractivity (Wildman–Crippen MR) is 88.7 cm³/mol. The number of hydrogen-bond acceptors (Lipinski definition) is 3. The second-order valence-corrected chi connectivity index (χ2v) is 6.83. The van der Waals surface area contributed by atoms with Gasteiger partial charge in [-0.3, -0.25) is 9.59 Å². The van der Waals surface area contributed by atoms with Crippen molar-refractivity contribution in [3.05, 3.63) is 57.8 Å². The van der Waals surface area contributed by atoms with E-state index in [-0.39, 0.29) is 23.8 Å². The van der Waals surface area contributed by atoms with Crippen LogP contribution >= 0.6 is 11.3 Å². The number of benzene rings is 1. The zero-order valence-electron chi connectivity index (χ0n) is 13.3. The molecule has 0 radical (unpaired) electrons. The van der Waals surface area contributed by atoms with Crippen LogP contribution in [0.3, 0.4) is 0 Å². The maximum atomic E-state index is 12.8. The third-order valence-electron chi connectivity index (χ3n) is 4.32. The van der Waals surface area contributed by atoms with E-state index in [0.29, 0.717) is 24.9 Å². The lowest BCUT2D eigenvalue weighted by Gasteiger charge is -2.32. The summed E-state index contributed by atoms with van der Waals surface area (Å²) in [6, 6.07) is 6.21. The van der Waals surface area contributed by atoms with Gasteiger partial charge in [0.05, 0.1) is 11.1 Å². The lowest BCUT2D eigenvalue weighted by molar-refractivity contribution is -0.137. The summed E-state index contributed by atoms with van der Waals surface area (Å²) in [6.45, 7) is 0.796. The number of amides is 1. The minimum atomic E-state index is -4.48. The standard InChI is InChI=1S/C18H16F3NO2S/c19-18(20,21)15-5-1-3-12(9-15)16(23)13-4-2-7-22(10-13)17(24)14-6-8-25-11-14/h1,3,5-6,8-9,11,13H,2,4,7,10H2. The van der Waals surface area contributed by atoms with Crippen LogP contribution in [0, 0.1) is 5.92 Å². The zero-order chi connectivity index (χ0) is 18.0. The molecule has 132 valence electrons. The first-order chi connectivity index (χ1) is 11.9. The second kappa shape index (κ2) is 7.00. The molecule has 2 heterocycles. The summed E-state index contributed by atoms with van der Waals surface area (Å²) in [6.07, 6.45) is -3.25. The fourth-order valence-corrected chi connectivity index (χ4v) is 3.66. The van der Waals surface area contributed by atoms with Crippen molar-refractivity contribution < 1.29 is 22.8 Å². The minimum absolute atomic E-state index is 0.0460. The van der Waals surface area contributed by atoms with Crippen molar-refractivity contribution in [3.8, 4) is 0 Å². The van der Waals surface area contributed by atoms with Gasteiger partial charge in [-0.05, 0) is 36.4 Å². The van der Waals surface area contributed by atoms with Gasteiger partial charge in [0, 0.05) is 30.0 Å². The number of ketones is 1. The van der Waals surface area contributed by atoms with E-state index in [1.807, 2.05) is 5.38 Å². The van der Waals surface area contributed by atoms with Gasteiger partial charge in [0.25, 0.3) is 5.91 Å². The van der Waals surface area contributed by atoms with E-state index in [0.717, 1.165) is 12.1 Å². The first-order valence-corrected chi connectivity index (χ1v) is 8.83. The van der Waals surface area contributed by atoms with Crippen molar-refractivity contribution in [2.24, 2.45) is 5.92 Å². The zero-order valence-corrected chi connectivity index (χ0v) is 14.1. The normalized spacial score (nSPS) is 18.2. The van der Waals surface area contributed by atoms with E-state index in [4.69, 9.17) is 0 Å². The lowest BCUT2D eigenvalue weighted by atomic mass is 9.89. The van der Waals surface area contributed by atoms with Crippen molar-refractivity contribution in [1.82, 2.24) is 4.90 Å².